The van der Waals surface area contributed by atoms with E-state index in [1.807, 2.05) is 4.68 Å². The number of nitrogens with one attached hydrogen (secondary N) is 2. The number of hydrogen-bond acceptors (Lipinski definition) is 3. The van der Waals surface area contributed by atoms with Crippen LogP contribution in [0.5, 0.6) is 0 Å². The van der Waals surface area contributed by atoms with Crippen molar-refractivity contribution in [2.75, 3.05) is 33.2 Å². The molecular formula is C19H32N6+2. The number of hydrogen-bond donors (Lipinski definition) is 2. The van der Waals surface area contributed by atoms with Gasteiger partial charge < -0.3 is 9.80 Å². The van der Waals surface area contributed by atoms with Gasteiger partial charge >= 0.3 is 0 Å². The summed E-state index contributed by atoms with van der Waals surface area (Å²) >= 11 is 0. The lowest BCUT2D eigenvalue weighted by Gasteiger charge is -2.33. The SMILES string of the molecule is Cc1ccc([C@H](c2nnnn2CCC(C)C)[NH+]2CC[NH+](C)CC2)cc1. The zero-order valence-corrected chi connectivity index (χ0v) is 16.0. The number of nitrogens with zero attached hydrogens (tertiary/aromatic N) is 4. The van der Waals surface area contributed by atoms with E-state index >= 15 is 0 Å². The van der Waals surface area contributed by atoms with Crippen LogP contribution in [-0.2, 0) is 6.54 Å². The highest BCUT2D eigenvalue weighted by Gasteiger charge is 2.34. The van der Waals surface area contributed by atoms with Crippen molar-refractivity contribution in [1.82, 2.24) is 20.2 Å². The third-order valence-electron chi connectivity index (χ3n) is 5.30. The topological polar surface area (TPSA) is 52.5 Å². The average molecular weight is 345 g/mol. The summed E-state index contributed by atoms with van der Waals surface area (Å²) in [4.78, 5) is 3.20. The fraction of sp³-hybridized carbons (Fsp3) is 0.632. The summed E-state index contributed by atoms with van der Waals surface area (Å²) in [5, 5.41) is 12.8. The lowest BCUT2D eigenvalue weighted by molar-refractivity contribution is -1.02. The van der Waals surface area contributed by atoms with Crippen molar-refractivity contribution in [1.29, 1.82) is 0 Å². The van der Waals surface area contributed by atoms with Crippen LogP contribution in [0.4, 0.5) is 0 Å². The summed E-state index contributed by atoms with van der Waals surface area (Å²) in [5.74, 6) is 1.66. The predicted octanol–water partition coefficient (Wildman–Crippen LogP) is -0.470. The molecule has 0 spiro atoms. The van der Waals surface area contributed by atoms with Gasteiger partial charge in [0.2, 0.25) is 5.82 Å². The lowest BCUT2D eigenvalue weighted by atomic mass is 10.0. The fourth-order valence-electron chi connectivity index (χ4n) is 3.57. The highest BCUT2D eigenvalue weighted by atomic mass is 15.6. The van der Waals surface area contributed by atoms with Gasteiger partial charge in [0.1, 0.15) is 26.2 Å². The Bertz CT molecular complexity index is 655. The van der Waals surface area contributed by atoms with E-state index in [-0.39, 0.29) is 6.04 Å². The second kappa shape index (κ2) is 8.06. The molecule has 2 N–H and O–H groups in total. The number of aromatic nitrogens is 4. The van der Waals surface area contributed by atoms with Crippen LogP contribution in [0.2, 0.25) is 0 Å². The Morgan fingerprint density at radius 2 is 1.76 bits per heavy atom. The predicted molar refractivity (Wildman–Crippen MR) is 97.6 cm³/mol. The number of piperazine rings is 1. The fourth-order valence-corrected chi connectivity index (χ4v) is 3.57. The molecule has 1 aliphatic heterocycles. The number of likely N-dealkylation sites (N-methyl/N-ethyl adjacent to an activating group) is 1. The number of aryl methyl sites for hydroxylation is 2. The molecular weight excluding hydrogens is 312 g/mol. The van der Waals surface area contributed by atoms with Crippen LogP contribution in [0.15, 0.2) is 24.3 Å². The van der Waals surface area contributed by atoms with Crippen LogP contribution in [0.25, 0.3) is 0 Å². The Kier molecular flexibility index (Phi) is 5.81. The van der Waals surface area contributed by atoms with Crippen LogP contribution in [0, 0.1) is 12.8 Å². The smallest absolute Gasteiger partial charge is 0.214 e. The third-order valence-corrected chi connectivity index (χ3v) is 5.30. The molecule has 0 unspecified atom stereocenters. The molecule has 25 heavy (non-hydrogen) atoms. The van der Waals surface area contributed by atoms with E-state index in [2.05, 4.69) is 67.6 Å². The Balaban J connectivity index is 1.91. The first-order valence-corrected chi connectivity index (χ1v) is 9.53. The lowest BCUT2D eigenvalue weighted by Crippen LogP contribution is -3.27. The molecule has 136 valence electrons. The molecule has 1 atom stereocenters. The van der Waals surface area contributed by atoms with Crippen molar-refractivity contribution < 1.29 is 9.80 Å². The maximum absolute atomic E-state index is 4.46. The maximum atomic E-state index is 4.46. The van der Waals surface area contributed by atoms with Crippen molar-refractivity contribution in [2.24, 2.45) is 5.92 Å². The second-order valence-corrected chi connectivity index (χ2v) is 7.90. The molecule has 0 saturated carbocycles. The van der Waals surface area contributed by atoms with E-state index in [0.29, 0.717) is 5.92 Å². The van der Waals surface area contributed by atoms with Gasteiger partial charge in [0.05, 0.1) is 7.05 Å². The number of tetrazole rings is 1. The van der Waals surface area contributed by atoms with Crippen LogP contribution < -0.4 is 9.80 Å². The van der Waals surface area contributed by atoms with E-state index < -0.39 is 0 Å². The molecule has 0 amide bonds. The Labute approximate surface area is 150 Å². The van der Waals surface area contributed by atoms with Crippen molar-refractivity contribution in [3.8, 4) is 0 Å². The van der Waals surface area contributed by atoms with Gasteiger partial charge in [0.25, 0.3) is 0 Å². The molecule has 1 saturated heterocycles. The van der Waals surface area contributed by atoms with Gasteiger partial charge in [-0.2, -0.15) is 0 Å². The summed E-state index contributed by atoms with van der Waals surface area (Å²) < 4.78 is 2.03. The Morgan fingerprint density at radius 3 is 2.40 bits per heavy atom. The zero-order valence-electron chi connectivity index (χ0n) is 16.0. The molecule has 0 aliphatic carbocycles. The first-order valence-electron chi connectivity index (χ1n) is 9.53. The minimum absolute atomic E-state index is 0.218. The molecule has 2 heterocycles. The van der Waals surface area contributed by atoms with Crippen molar-refractivity contribution in [3.05, 3.63) is 41.2 Å². The van der Waals surface area contributed by atoms with E-state index in [9.17, 15) is 0 Å². The van der Waals surface area contributed by atoms with Gasteiger partial charge in [-0.1, -0.05) is 43.7 Å². The van der Waals surface area contributed by atoms with Gasteiger partial charge in [0.15, 0.2) is 6.04 Å². The number of benzene rings is 1. The largest absolute Gasteiger partial charge is 0.328 e. The van der Waals surface area contributed by atoms with Crippen molar-refractivity contribution in [3.63, 3.8) is 0 Å². The summed E-state index contributed by atoms with van der Waals surface area (Å²) in [5.41, 5.74) is 2.61. The van der Waals surface area contributed by atoms with Gasteiger partial charge in [-0.05, 0) is 29.7 Å². The molecule has 0 bridgehead atoms. The first kappa shape index (κ1) is 18.0. The molecule has 1 aromatic heterocycles. The molecule has 2 aromatic rings. The molecule has 0 radical (unpaired) electrons. The van der Waals surface area contributed by atoms with Crippen LogP contribution in [-0.4, -0.2) is 53.4 Å². The standard InChI is InChI=1S/C19H30N6/c1-15(2)9-10-25-19(20-21-22-25)18(17-7-5-16(3)6-8-17)24-13-11-23(4)12-14-24/h5-8,15,18H,9-14H2,1-4H3/p+2/t18-/m1/s1. The number of quaternary nitrogens is 2. The summed E-state index contributed by atoms with van der Waals surface area (Å²) in [6.45, 7) is 12.2. The van der Waals surface area contributed by atoms with Crippen LogP contribution in [0.1, 0.15) is 43.3 Å². The van der Waals surface area contributed by atoms with Gasteiger partial charge in [-0.25, -0.2) is 4.68 Å². The van der Waals surface area contributed by atoms with Crippen molar-refractivity contribution in [2.45, 2.75) is 39.8 Å². The number of rotatable bonds is 6. The molecule has 1 aromatic carbocycles. The van der Waals surface area contributed by atoms with Crippen LogP contribution in [0.3, 0.4) is 0 Å². The second-order valence-electron chi connectivity index (χ2n) is 7.90. The molecule has 6 heteroatoms. The molecule has 1 aliphatic rings. The average Bonchev–Trinajstić information content (AvgIpc) is 3.05. The first-order chi connectivity index (χ1) is 12.0. The monoisotopic (exact) mass is 344 g/mol. The summed E-state index contributed by atoms with van der Waals surface area (Å²) in [7, 11) is 2.28. The summed E-state index contributed by atoms with van der Waals surface area (Å²) in [6.07, 6.45) is 1.10. The normalized spacial score (nSPS) is 22.3. The Morgan fingerprint density at radius 1 is 1.08 bits per heavy atom. The minimum Gasteiger partial charge on any atom is -0.328 e. The van der Waals surface area contributed by atoms with E-state index in [0.717, 1.165) is 31.9 Å². The van der Waals surface area contributed by atoms with Gasteiger partial charge in [0, 0.05) is 12.1 Å². The maximum Gasteiger partial charge on any atom is 0.214 e. The quantitative estimate of drug-likeness (QED) is 0.745. The Hall–Kier alpha value is -1.79. The van der Waals surface area contributed by atoms with E-state index in [1.165, 1.54) is 24.2 Å². The van der Waals surface area contributed by atoms with Crippen LogP contribution >= 0.6 is 0 Å². The minimum atomic E-state index is 0.218. The highest BCUT2D eigenvalue weighted by Crippen LogP contribution is 2.18. The zero-order chi connectivity index (χ0) is 17.8. The highest BCUT2D eigenvalue weighted by molar-refractivity contribution is 5.26. The molecule has 3 rings (SSSR count). The van der Waals surface area contributed by atoms with E-state index in [4.69, 9.17) is 0 Å². The summed E-state index contributed by atoms with van der Waals surface area (Å²) in [6, 6.07) is 9.12. The molecule has 1 fully saturated rings. The van der Waals surface area contributed by atoms with Gasteiger partial charge in [-0.15, -0.1) is 5.10 Å². The molecule has 6 nitrogen and oxygen atoms in total. The van der Waals surface area contributed by atoms with E-state index in [1.54, 1.807) is 9.80 Å². The van der Waals surface area contributed by atoms with Crippen molar-refractivity contribution >= 4 is 0 Å². The third kappa shape index (κ3) is 4.44. The van der Waals surface area contributed by atoms with Gasteiger partial charge in [-0.3, -0.25) is 0 Å².